The smallest absolute Gasteiger partial charge is 0.191 e. The highest BCUT2D eigenvalue weighted by atomic mass is 127. The van der Waals surface area contributed by atoms with Crippen molar-refractivity contribution in [3.8, 4) is 0 Å². The van der Waals surface area contributed by atoms with Crippen LogP contribution in [0.1, 0.15) is 24.2 Å². The second-order valence-electron chi connectivity index (χ2n) is 5.65. The average Bonchev–Trinajstić information content (AvgIpc) is 3.14. The number of guanidine groups is 1. The van der Waals surface area contributed by atoms with Crippen LogP contribution in [0.25, 0.3) is 0 Å². The van der Waals surface area contributed by atoms with Gasteiger partial charge >= 0.3 is 0 Å². The second kappa shape index (κ2) is 7.81. The first-order valence-corrected chi connectivity index (χ1v) is 7.45. The average molecular weight is 429 g/mol. The van der Waals surface area contributed by atoms with Gasteiger partial charge in [0.25, 0.3) is 0 Å². The lowest BCUT2D eigenvalue weighted by atomic mass is 9.96. The summed E-state index contributed by atoms with van der Waals surface area (Å²) in [7, 11) is 1.74. The molecule has 0 spiro atoms. The van der Waals surface area contributed by atoms with Crippen molar-refractivity contribution in [1.29, 1.82) is 0 Å². The molecule has 23 heavy (non-hydrogen) atoms. The lowest BCUT2D eigenvalue weighted by molar-refractivity contribution is 0.500. The lowest BCUT2D eigenvalue weighted by Gasteiger charge is -2.19. The summed E-state index contributed by atoms with van der Waals surface area (Å²) in [5.74, 6) is 1.40. The molecule has 0 atom stereocenters. The molecule has 0 unspecified atom stereocenters. The number of hydrogen-bond donors (Lipinski definition) is 2. The highest BCUT2D eigenvalue weighted by molar-refractivity contribution is 14.0. The van der Waals surface area contributed by atoms with Crippen molar-refractivity contribution >= 4 is 29.9 Å². The minimum Gasteiger partial charge on any atom is -0.467 e. The van der Waals surface area contributed by atoms with Gasteiger partial charge in [-0.2, -0.15) is 0 Å². The van der Waals surface area contributed by atoms with Crippen LogP contribution in [0, 0.1) is 5.82 Å². The van der Waals surface area contributed by atoms with E-state index in [0.29, 0.717) is 6.54 Å². The Balaban J connectivity index is 0.00000192. The molecule has 2 N–H and O–H groups in total. The van der Waals surface area contributed by atoms with Crippen LogP contribution in [-0.2, 0) is 12.0 Å². The minimum absolute atomic E-state index is 0. The van der Waals surface area contributed by atoms with Gasteiger partial charge in [0.05, 0.1) is 12.8 Å². The van der Waals surface area contributed by atoms with Gasteiger partial charge in [0.2, 0.25) is 0 Å². The van der Waals surface area contributed by atoms with Crippen molar-refractivity contribution in [2.45, 2.75) is 24.8 Å². The van der Waals surface area contributed by atoms with E-state index in [4.69, 9.17) is 4.42 Å². The van der Waals surface area contributed by atoms with E-state index in [0.717, 1.165) is 36.7 Å². The van der Waals surface area contributed by atoms with Crippen molar-refractivity contribution in [2.75, 3.05) is 13.6 Å². The molecule has 3 rings (SSSR count). The summed E-state index contributed by atoms with van der Waals surface area (Å²) in [6.45, 7) is 1.33. The molecule has 124 valence electrons. The summed E-state index contributed by atoms with van der Waals surface area (Å²) in [5, 5.41) is 6.53. The topological polar surface area (TPSA) is 49.6 Å². The molecule has 0 bridgehead atoms. The highest BCUT2D eigenvalue weighted by Crippen LogP contribution is 2.47. The third-order valence-corrected chi connectivity index (χ3v) is 4.12. The molecular formula is C17H21FIN3O. The molecule has 1 aromatic carbocycles. The molecule has 0 radical (unpaired) electrons. The van der Waals surface area contributed by atoms with Gasteiger partial charge in [-0.3, -0.25) is 4.99 Å². The number of halogens is 2. The van der Waals surface area contributed by atoms with Crippen LogP contribution in [0.4, 0.5) is 4.39 Å². The standard InChI is InChI=1S/C17H20FN3O.HI/c1-19-16(20-11-15-6-3-9-22-15)21-12-17(7-8-17)13-4-2-5-14(18)10-13;/h2-6,9-10H,7-8,11-12H2,1H3,(H2,19,20,21);1H. The van der Waals surface area contributed by atoms with Crippen molar-refractivity contribution in [2.24, 2.45) is 4.99 Å². The summed E-state index contributed by atoms with van der Waals surface area (Å²) in [4.78, 5) is 4.21. The highest BCUT2D eigenvalue weighted by Gasteiger charge is 2.44. The largest absolute Gasteiger partial charge is 0.467 e. The Kier molecular flexibility index (Phi) is 6.04. The van der Waals surface area contributed by atoms with Crippen molar-refractivity contribution in [1.82, 2.24) is 10.6 Å². The van der Waals surface area contributed by atoms with E-state index < -0.39 is 0 Å². The molecule has 0 aliphatic heterocycles. The Labute approximate surface area is 152 Å². The molecule has 1 aliphatic carbocycles. The Bertz CT molecular complexity index is 654. The van der Waals surface area contributed by atoms with Crippen LogP contribution in [0.3, 0.4) is 0 Å². The van der Waals surface area contributed by atoms with E-state index in [9.17, 15) is 4.39 Å². The number of hydrogen-bond acceptors (Lipinski definition) is 2. The predicted octanol–water partition coefficient (Wildman–Crippen LogP) is 3.43. The van der Waals surface area contributed by atoms with Gasteiger partial charge in [-0.15, -0.1) is 24.0 Å². The van der Waals surface area contributed by atoms with Gasteiger partial charge in [0, 0.05) is 19.0 Å². The predicted molar refractivity (Wildman–Crippen MR) is 99.6 cm³/mol. The molecule has 2 aromatic rings. The van der Waals surface area contributed by atoms with Gasteiger partial charge in [0.15, 0.2) is 5.96 Å². The molecule has 1 aromatic heterocycles. The molecule has 0 saturated heterocycles. The van der Waals surface area contributed by atoms with Crippen molar-refractivity contribution in [3.63, 3.8) is 0 Å². The molecule has 1 aliphatic rings. The van der Waals surface area contributed by atoms with E-state index in [1.165, 1.54) is 6.07 Å². The fraction of sp³-hybridized carbons (Fsp3) is 0.353. The Morgan fingerprint density at radius 2 is 2.09 bits per heavy atom. The molecule has 1 heterocycles. The maximum absolute atomic E-state index is 13.4. The fourth-order valence-corrected chi connectivity index (χ4v) is 2.59. The maximum atomic E-state index is 13.4. The van der Waals surface area contributed by atoms with E-state index in [-0.39, 0.29) is 35.2 Å². The van der Waals surface area contributed by atoms with Crippen LogP contribution in [-0.4, -0.2) is 19.6 Å². The summed E-state index contributed by atoms with van der Waals surface area (Å²) in [6, 6.07) is 10.7. The quantitative estimate of drug-likeness (QED) is 0.435. The normalized spacial score (nSPS) is 15.7. The zero-order valence-corrected chi connectivity index (χ0v) is 15.3. The monoisotopic (exact) mass is 429 g/mol. The van der Waals surface area contributed by atoms with E-state index in [1.54, 1.807) is 25.4 Å². The maximum Gasteiger partial charge on any atom is 0.191 e. The summed E-state index contributed by atoms with van der Waals surface area (Å²) >= 11 is 0. The van der Waals surface area contributed by atoms with Crippen molar-refractivity contribution in [3.05, 3.63) is 59.8 Å². The van der Waals surface area contributed by atoms with E-state index in [1.807, 2.05) is 18.2 Å². The van der Waals surface area contributed by atoms with E-state index in [2.05, 4.69) is 15.6 Å². The summed E-state index contributed by atoms with van der Waals surface area (Å²) in [5.41, 5.74) is 1.09. The summed E-state index contributed by atoms with van der Waals surface area (Å²) in [6.07, 6.45) is 3.79. The Hall–Kier alpha value is -1.57. The first-order valence-electron chi connectivity index (χ1n) is 7.45. The molecule has 1 fully saturated rings. The van der Waals surface area contributed by atoms with Crippen LogP contribution >= 0.6 is 24.0 Å². The first kappa shape index (κ1) is 17.8. The lowest BCUT2D eigenvalue weighted by Crippen LogP contribution is -2.40. The Morgan fingerprint density at radius 3 is 2.70 bits per heavy atom. The number of nitrogens with one attached hydrogen (secondary N) is 2. The van der Waals surface area contributed by atoms with Gasteiger partial charge in [0.1, 0.15) is 11.6 Å². The number of benzene rings is 1. The molecule has 6 heteroatoms. The fourth-order valence-electron chi connectivity index (χ4n) is 2.59. The number of nitrogens with zero attached hydrogens (tertiary/aromatic N) is 1. The van der Waals surface area contributed by atoms with Gasteiger partial charge in [-0.1, -0.05) is 12.1 Å². The minimum atomic E-state index is -0.177. The third kappa shape index (κ3) is 4.46. The van der Waals surface area contributed by atoms with Crippen LogP contribution in [0.15, 0.2) is 52.1 Å². The van der Waals surface area contributed by atoms with Crippen LogP contribution in [0.5, 0.6) is 0 Å². The zero-order chi connectivity index (χ0) is 15.4. The second-order valence-corrected chi connectivity index (χ2v) is 5.65. The molecule has 1 saturated carbocycles. The van der Waals surface area contributed by atoms with Crippen molar-refractivity contribution < 1.29 is 8.81 Å². The van der Waals surface area contributed by atoms with Crippen LogP contribution in [0.2, 0.25) is 0 Å². The van der Waals surface area contributed by atoms with Gasteiger partial charge < -0.3 is 15.1 Å². The molecular weight excluding hydrogens is 408 g/mol. The molecule has 4 nitrogen and oxygen atoms in total. The van der Waals surface area contributed by atoms with Crippen LogP contribution < -0.4 is 10.6 Å². The van der Waals surface area contributed by atoms with E-state index >= 15 is 0 Å². The third-order valence-electron chi connectivity index (χ3n) is 4.12. The number of rotatable bonds is 5. The Morgan fingerprint density at radius 1 is 1.26 bits per heavy atom. The summed E-state index contributed by atoms with van der Waals surface area (Å²) < 4.78 is 18.7. The number of aliphatic imine (C=N–C) groups is 1. The zero-order valence-electron chi connectivity index (χ0n) is 13.0. The first-order chi connectivity index (χ1) is 10.7. The SMILES string of the molecule is CN=C(NCc1ccco1)NCC1(c2cccc(F)c2)CC1.I. The van der Waals surface area contributed by atoms with Gasteiger partial charge in [-0.25, -0.2) is 4.39 Å². The number of furan rings is 1. The van der Waals surface area contributed by atoms with Gasteiger partial charge in [-0.05, 0) is 42.7 Å². The molecule has 0 amide bonds.